The Balaban J connectivity index is 1.74. The average Bonchev–Trinajstić information content (AvgIpc) is 3.17. The standard InChI is InChI=1S/C18H19N3O2S/c1-12-19-17-9-7-15(11-18(17)20-12)21(2)24(22,23)16-8-6-13-4-3-5-14(13)10-16/h6-11H,3-5H2,1-2H3,(H,19,20). The minimum absolute atomic E-state index is 0.353. The first-order valence-corrected chi connectivity index (χ1v) is 9.46. The second kappa shape index (κ2) is 5.34. The number of imidazole rings is 1. The lowest BCUT2D eigenvalue weighted by Gasteiger charge is -2.20. The molecule has 6 heteroatoms. The molecule has 24 heavy (non-hydrogen) atoms. The number of rotatable bonds is 3. The molecule has 2 aromatic carbocycles. The summed E-state index contributed by atoms with van der Waals surface area (Å²) in [6.07, 6.45) is 3.10. The van der Waals surface area contributed by atoms with Crippen molar-refractivity contribution in [2.24, 2.45) is 0 Å². The van der Waals surface area contributed by atoms with Gasteiger partial charge >= 0.3 is 0 Å². The third-order valence-corrected chi connectivity index (χ3v) is 6.46. The SMILES string of the molecule is Cc1nc2ccc(N(C)S(=O)(=O)c3ccc4c(c3)CCC4)cc2[nH]1. The highest BCUT2D eigenvalue weighted by atomic mass is 32.2. The Hall–Kier alpha value is -2.34. The fraction of sp³-hybridized carbons (Fsp3) is 0.278. The van der Waals surface area contributed by atoms with Crippen LogP contribution >= 0.6 is 0 Å². The van der Waals surface area contributed by atoms with Gasteiger partial charge in [-0.2, -0.15) is 0 Å². The van der Waals surface area contributed by atoms with E-state index in [4.69, 9.17) is 0 Å². The molecule has 0 saturated heterocycles. The zero-order valence-corrected chi connectivity index (χ0v) is 14.5. The highest BCUT2D eigenvalue weighted by Gasteiger charge is 2.23. The van der Waals surface area contributed by atoms with Gasteiger partial charge in [-0.1, -0.05) is 6.07 Å². The van der Waals surface area contributed by atoms with Crippen LogP contribution in [0.25, 0.3) is 11.0 Å². The smallest absolute Gasteiger partial charge is 0.264 e. The van der Waals surface area contributed by atoms with Crippen molar-refractivity contribution < 1.29 is 8.42 Å². The molecule has 5 nitrogen and oxygen atoms in total. The summed E-state index contributed by atoms with van der Waals surface area (Å²) in [5.74, 6) is 0.811. The molecule has 0 bridgehead atoms. The number of hydrogen-bond acceptors (Lipinski definition) is 3. The Labute approximate surface area is 141 Å². The Morgan fingerprint density at radius 1 is 1.08 bits per heavy atom. The molecule has 0 amide bonds. The molecular weight excluding hydrogens is 322 g/mol. The topological polar surface area (TPSA) is 66.1 Å². The average molecular weight is 341 g/mol. The van der Waals surface area contributed by atoms with Gasteiger partial charge in [-0.3, -0.25) is 4.31 Å². The number of nitrogens with zero attached hydrogens (tertiary/aromatic N) is 2. The van der Waals surface area contributed by atoms with Crippen LogP contribution in [0.1, 0.15) is 23.4 Å². The maximum absolute atomic E-state index is 13.0. The largest absolute Gasteiger partial charge is 0.342 e. The van der Waals surface area contributed by atoms with Gasteiger partial charge in [0.2, 0.25) is 0 Å². The van der Waals surface area contributed by atoms with E-state index in [2.05, 4.69) is 9.97 Å². The third-order valence-electron chi connectivity index (χ3n) is 4.68. The van der Waals surface area contributed by atoms with Crippen LogP contribution in [-0.2, 0) is 22.9 Å². The number of fused-ring (bicyclic) bond motifs is 2. The number of anilines is 1. The molecule has 1 N–H and O–H groups in total. The van der Waals surface area contributed by atoms with E-state index in [1.54, 1.807) is 19.2 Å². The fourth-order valence-corrected chi connectivity index (χ4v) is 4.57. The number of aromatic nitrogens is 2. The summed E-state index contributed by atoms with van der Waals surface area (Å²) in [4.78, 5) is 7.85. The molecule has 1 aliphatic carbocycles. The number of H-pyrrole nitrogens is 1. The predicted octanol–water partition coefficient (Wildman–Crippen LogP) is 3.19. The lowest BCUT2D eigenvalue weighted by molar-refractivity contribution is 0.594. The van der Waals surface area contributed by atoms with Gasteiger partial charge in [0, 0.05) is 7.05 Å². The maximum atomic E-state index is 13.0. The van der Waals surface area contributed by atoms with Gasteiger partial charge in [0.1, 0.15) is 5.82 Å². The van der Waals surface area contributed by atoms with Crippen molar-refractivity contribution in [3.05, 3.63) is 53.3 Å². The molecule has 3 aromatic rings. The Bertz CT molecular complexity index is 1040. The number of hydrogen-bond donors (Lipinski definition) is 1. The summed E-state index contributed by atoms with van der Waals surface area (Å²) in [6, 6.07) is 10.9. The zero-order valence-electron chi connectivity index (χ0n) is 13.7. The van der Waals surface area contributed by atoms with Crippen molar-refractivity contribution in [1.29, 1.82) is 0 Å². The third kappa shape index (κ3) is 2.38. The summed E-state index contributed by atoms with van der Waals surface area (Å²) in [7, 11) is -1.99. The summed E-state index contributed by atoms with van der Waals surface area (Å²) < 4.78 is 27.3. The van der Waals surface area contributed by atoms with E-state index in [1.807, 2.05) is 31.2 Å². The van der Waals surface area contributed by atoms with Crippen molar-refractivity contribution in [2.45, 2.75) is 31.1 Å². The molecule has 0 atom stereocenters. The molecule has 1 aliphatic rings. The van der Waals surface area contributed by atoms with E-state index in [1.165, 1.54) is 9.87 Å². The van der Waals surface area contributed by atoms with Crippen molar-refractivity contribution in [3.63, 3.8) is 0 Å². The second-order valence-corrected chi connectivity index (χ2v) is 8.25. The molecule has 124 valence electrons. The Morgan fingerprint density at radius 2 is 1.88 bits per heavy atom. The summed E-state index contributed by atoms with van der Waals surface area (Å²) in [5.41, 5.74) is 4.71. The second-order valence-electron chi connectivity index (χ2n) is 6.28. The fourth-order valence-electron chi connectivity index (χ4n) is 3.33. The van der Waals surface area contributed by atoms with Gasteiger partial charge in [-0.15, -0.1) is 0 Å². The lowest BCUT2D eigenvalue weighted by atomic mass is 10.1. The van der Waals surface area contributed by atoms with Gasteiger partial charge in [0.25, 0.3) is 10.0 Å². The van der Waals surface area contributed by atoms with Crippen LogP contribution in [-0.4, -0.2) is 25.4 Å². The number of aryl methyl sites for hydroxylation is 3. The van der Waals surface area contributed by atoms with Gasteiger partial charge in [0.05, 0.1) is 21.6 Å². The van der Waals surface area contributed by atoms with Crippen molar-refractivity contribution in [1.82, 2.24) is 9.97 Å². The van der Waals surface area contributed by atoms with Crippen LogP contribution in [0, 0.1) is 6.92 Å². The molecule has 0 spiro atoms. The van der Waals surface area contributed by atoms with Gasteiger partial charge in [-0.25, -0.2) is 13.4 Å². The van der Waals surface area contributed by atoms with Crippen molar-refractivity contribution in [2.75, 3.05) is 11.4 Å². The van der Waals surface area contributed by atoms with Gasteiger partial charge in [0.15, 0.2) is 0 Å². The van der Waals surface area contributed by atoms with Crippen LogP contribution in [0.2, 0.25) is 0 Å². The van der Waals surface area contributed by atoms with E-state index in [0.29, 0.717) is 10.6 Å². The minimum Gasteiger partial charge on any atom is -0.342 e. The highest BCUT2D eigenvalue weighted by Crippen LogP contribution is 2.29. The van der Waals surface area contributed by atoms with Crippen LogP contribution in [0.15, 0.2) is 41.3 Å². The highest BCUT2D eigenvalue weighted by molar-refractivity contribution is 7.92. The summed E-state index contributed by atoms with van der Waals surface area (Å²) in [5, 5.41) is 0. The Kier molecular flexibility index (Phi) is 3.38. The molecule has 0 fully saturated rings. The van der Waals surface area contributed by atoms with Gasteiger partial charge < -0.3 is 4.98 Å². The molecular formula is C18H19N3O2S. The van der Waals surface area contributed by atoms with E-state index in [-0.39, 0.29) is 0 Å². The van der Waals surface area contributed by atoms with E-state index in [0.717, 1.165) is 41.7 Å². The first kappa shape index (κ1) is 15.2. The van der Waals surface area contributed by atoms with Crippen LogP contribution < -0.4 is 4.31 Å². The number of benzene rings is 2. The van der Waals surface area contributed by atoms with Crippen LogP contribution in [0.5, 0.6) is 0 Å². The lowest BCUT2D eigenvalue weighted by Crippen LogP contribution is -2.26. The molecule has 0 radical (unpaired) electrons. The monoisotopic (exact) mass is 341 g/mol. The predicted molar refractivity (Wildman–Crippen MR) is 94.9 cm³/mol. The van der Waals surface area contributed by atoms with Gasteiger partial charge in [-0.05, 0) is 67.6 Å². The molecule has 1 heterocycles. The number of sulfonamides is 1. The molecule has 4 rings (SSSR count). The van der Waals surface area contributed by atoms with Crippen molar-refractivity contribution >= 4 is 26.7 Å². The summed E-state index contributed by atoms with van der Waals surface area (Å²) >= 11 is 0. The molecule has 0 saturated carbocycles. The van der Waals surface area contributed by atoms with Crippen LogP contribution in [0.4, 0.5) is 5.69 Å². The zero-order chi connectivity index (χ0) is 16.9. The first-order valence-electron chi connectivity index (χ1n) is 8.02. The minimum atomic E-state index is -3.58. The molecule has 0 aliphatic heterocycles. The van der Waals surface area contributed by atoms with E-state index >= 15 is 0 Å². The number of nitrogens with one attached hydrogen (secondary N) is 1. The Morgan fingerprint density at radius 3 is 2.71 bits per heavy atom. The molecule has 1 aromatic heterocycles. The maximum Gasteiger partial charge on any atom is 0.264 e. The molecule has 0 unspecified atom stereocenters. The summed E-state index contributed by atoms with van der Waals surface area (Å²) in [6.45, 7) is 1.88. The first-order chi connectivity index (χ1) is 11.4. The normalized spacial score (nSPS) is 14.1. The van der Waals surface area contributed by atoms with Crippen molar-refractivity contribution in [3.8, 4) is 0 Å². The quantitative estimate of drug-likeness (QED) is 0.795. The van der Waals surface area contributed by atoms with E-state index in [9.17, 15) is 8.42 Å². The number of aromatic amines is 1. The van der Waals surface area contributed by atoms with Crippen LogP contribution in [0.3, 0.4) is 0 Å². The van der Waals surface area contributed by atoms with E-state index < -0.39 is 10.0 Å².